The average molecular weight is 258 g/mol. The number of aliphatic hydroxyl groups is 2. The van der Waals surface area contributed by atoms with Crippen LogP contribution in [0.2, 0.25) is 0 Å². The van der Waals surface area contributed by atoms with E-state index in [2.05, 4.69) is 13.8 Å². The third-order valence-electron chi connectivity index (χ3n) is 3.65. The van der Waals surface area contributed by atoms with Crippen LogP contribution >= 0.6 is 0 Å². The number of esters is 1. The molecule has 3 atom stereocenters. The Morgan fingerprint density at radius 1 is 1.28 bits per heavy atom. The van der Waals surface area contributed by atoms with Gasteiger partial charge in [-0.3, -0.25) is 4.79 Å². The summed E-state index contributed by atoms with van der Waals surface area (Å²) in [6.07, 6.45) is 4.34. The summed E-state index contributed by atoms with van der Waals surface area (Å²) >= 11 is 0. The molecule has 0 bridgehead atoms. The van der Waals surface area contributed by atoms with E-state index in [0.29, 0.717) is 6.42 Å². The molecule has 0 aromatic heterocycles. The lowest BCUT2D eigenvalue weighted by atomic mass is 9.88. The predicted octanol–water partition coefficient (Wildman–Crippen LogP) is 1.74. The second kappa shape index (κ2) is 7.74. The van der Waals surface area contributed by atoms with Crippen molar-refractivity contribution >= 4 is 5.97 Å². The summed E-state index contributed by atoms with van der Waals surface area (Å²) in [5, 5.41) is 19.1. The van der Waals surface area contributed by atoms with Gasteiger partial charge in [-0.25, -0.2) is 0 Å². The number of cyclic esters (lactones) is 1. The Morgan fingerprint density at radius 3 is 2.56 bits per heavy atom. The van der Waals surface area contributed by atoms with Gasteiger partial charge < -0.3 is 14.9 Å². The van der Waals surface area contributed by atoms with Crippen LogP contribution in [0.5, 0.6) is 0 Å². The number of hydrogen-bond donors (Lipinski definition) is 2. The molecule has 0 spiro atoms. The molecule has 0 aromatic carbocycles. The van der Waals surface area contributed by atoms with Crippen LogP contribution in [0.3, 0.4) is 0 Å². The van der Waals surface area contributed by atoms with Gasteiger partial charge in [0, 0.05) is 5.92 Å². The van der Waals surface area contributed by atoms with Gasteiger partial charge in [-0.2, -0.15) is 0 Å². The monoisotopic (exact) mass is 258 g/mol. The first-order chi connectivity index (χ1) is 8.56. The highest BCUT2D eigenvalue weighted by Crippen LogP contribution is 2.27. The van der Waals surface area contributed by atoms with E-state index >= 15 is 0 Å². The van der Waals surface area contributed by atoms with Crippen molar-refractivity contribution in [3.8, 4) is 0 Å². The van der Waals surface area contributed by atoms with Gasteiger partial charge in [-0.1, -0.05) is 39.5 Å². The largest absolute Gasteiger partial charge is 0.465 e. The molecule has 0 aliphatic carbocycles. The molecule has 1 rings (SSSR count). The first-order valence-corrected chi connectivity index (χ1v) is 7.01. The summed E-state index contributed by atoms with van der Waals surface area (Å²) < 4.78 is 4.89. The van der Waals surface area contributed by atoms with Crippen molar-refractivity contribution in [3.63, 3.8) is 0 Å². The summed E-state index contributed by atoms with van der Waals surface area (Å²) in [6.45, 7) is 4.55. The Hall–Kier alpha value is -0.610. The highest BCUT2D eigenvalue weighted by atomic mass is 16.5. The van der Waals surface area contributed by atoms with E-state index in [1.165, 1.54) is 12.8 Å². The Morgan fingerprint density at radius 2 is 1.94 bits per heavy atom. The molecule has 1 heterocycles. The topological polar surface area (TPSA) is 66.8 Å². The van der Waals surface area contributed by atoms with Gasteiger partial charge in [0.25, 0.3) is 0 Å². The first kappa shape index (κ1) is 15.4. The number of carbonyl (C=O) groups excluding carboxylic acids is 1. The molecule has 4 heteroatoms. The van der Waals surface area contributed by atoms with Crippen LogP contribution in [0.25, 0.3) is 0 Å². The molecule has 1 aliphatic rings. The number of unbranched alkanes of at least 4 members (excludes halogenated alkanes) is 2. The van der Waals surface area contributed by atoms with Gasteiger partial charge in [0.2, 0.25) is 0 Å². The van der Waals surface area contributed by atoms with E-state index in [9.17, 15) is 9.90 Å². The normalized spacial score (nSPS) is 25.5. The standard InChI is InChI=1S/C14H26O4/c1-10(2)6-4-3-5-7-12(16)13-11(8-15)9-18-14(13)17/h10-13,15-16H,3-9H2,1-2H3/t11-,12?,13+/m1/s1. The van der Waals surface area contributed by atoms with Crippen LogP contribution in [-0.4, -0.2) is 35.5 Å². The molecular weight excluding hydrogens is 232 g/mol. The lowest BCUT2D eigenvalue weighted by Gasteiger charge is -2.19. The molecule has 1 saturated heterocycles. The van der Waals surface area contributed by atoms with E-state index in [1.807, 2.05) is 0 Å². The SMILES string of the molecule is CC(C)CCCCCC(O)[C@H]1C(=O)OC[C@H]1CO. The van der Waals surface area contributed by atoms with Gasteiger partial charge in [-0.05, 0) is 12.3 Å². The maximum absolute atomic E-state index is 11.5. The summed E-state index contributed by atoms with van der Waals surface area (Å²) in [5.74, 6) is -0.398. The van der Waals surface area contributed by atoms with Crippen molar-refractivity contribution < 1.29 is 19.7 Å². The second-order valence-electron chi connectivity index (χ2n) is 5.70. The molecule has 0 aromatic rings. The Balaban J connectivity index is 2.23. The first-order valence-electron chi connectivity index (χ1n) is 7.01. The third-order valence-corrected chi connectivity index (χ3v) is 3.65. The van der Waals surface area contributed by atoms with E-state index in [-0.39, 0.29) is 25.1 Å². The average Bonchev–Trinajstić information content (AvgIpc) is 2.69. The van der Waals surface area contributed by atoms with Crippen LogP contribution in [0.1, 0.15) is 46.0 Å². The van der Waals surface area contributed by atoms with Crippen LogP contribution in [0.15, 0.2) is 0 Å². The van der Waals surface area contributed by atoms with Gasteiger partial charge >= 0.3 is 5.97 Å². The second-order valence-corrected chi connectivity index (χ2v) is 5.70. The number of aliphatic hydroxyl groups excluding tert-OH is 2. The molecule has 106 valence electrons. The minimum atomic E-state index is -0.670. The summed E-state index contributed by atoms with van der Waals surface area (Å²) in [7, 11) is 0. The van der Waals surface area contributed by atoms with Crippen molar-refractivity contribution in [3.05, 3.63) is 0 Å². The van der Waals surface area contributed by atoms with Crippen molar-refractivity contribution in [1.82, 2.24) is 0 Å². The van der Waals surface area contributed by atoms with Gasteiger partial charge in [-0.15, -0.1) is 0 Å². The molecule has 2 N–H and O–H groups in total. The van der Waals surface area contributed by atoms with Crippen molar-refractivity contribution in [2.75, 3.05) is 13.2 Å². The highest BCUT2D eigenvalue weighted by molar-refractivity contribution is 5.75. The Kier molecular flexibility index (Phi) is 6.65. The zero-order chi connectivity index (χ0) is 13.5. The number of rotatable bonds is 8. The van der Waals surface area contributed by atoms with Crippen molar-refractivity contribution in [1.29, 1.82) is 0 Å². The van der Waals surface area contributed by atoms with E-state index < -0.39 is 12.0 Å². The molecule has 1 unspecified atom stereocenters. The summed E-state index contributed by atoms with van der Waals surface area (Å²) in [5.41, 5.74) is 0. The fraction of sp³-hybridized carbons (Fsp3) is 0.929. The lowest BCUT2D eigenvalue weighted by Crippen LogP contribution is -2.31. The fourth-order valence-corrected chi connectivity index (χ4v) is 2.48. The maximum atomic E-state index is 11.5. The van der Waals surface area contributed by atoms with Crippen molar-refractivity contribution in [2.24, 2.45) is 17.8 Å². The molecule has 4 nitrogen and oxygen atoms in total. The maximum Gasteiger partial charge on any atom is 0.312 e. The van der Waals surface area contributed by atoms with Crippen LogP contribution in [0, 0.1) is 17.8 Å². The van der Waals surface area contributed by atoms with E-state index in [1.54, 1.807) is 0 Å². The smallest absolute Gasteiger partial charge is 0.312 e. The summed E-state index contributed by atoms with van der Waals surface area (Å²) in [6, 6.07) is 0. The minimum absolute atomic E-state index is 0.0964. The lowest BCUT2D eigenvalue weighted by molar-refractivity contribution is -0.144. The van der Waals surface area contributed by atoms with Crippen molar-refractivity contribution in [2.45, 2.75) is 52.1 Å². The molecule has 0 amide bonds. The molecule has 0 radical (unpaired) electrons. The molecule has 0 saturated carbocycles. The number of hydrogen-bond acceptors (Lipinski definition) is 4. The predicted molar refractivity (Wildman–Crippen MR) is 69.0 cm³/mol. The molecule has 18 heavy (non-hydrogen) atoms. The Bertz CT molecular complexity index is 252. The number of ether oxygens (including phenoxy) is 1. The van der Waals surface area contributed by atoms with Crippen LogP contribution in [0.4, 0.5) is 0 Å². The van der Waals surface area contributed by atoms with E-state index in [4.69, 9.17) is 9.84 Å². The van der Waals surface area contributed by atoms with Gasteiger partial charge in [0.1, 0.15) is 0 Å². The zero-order valence-corrected chi connectivity index (χ0v) is 11.5. The molecular formula is C14H26O4. The fourth-order valence-electron chi connectivity index (χ4n) is 2.48. The van der Waals surface area contributed by atoms with Crippen LogP contribution in [-0.2, 0) is 9.53 Å². The quantitative estimate of drug-likeness (QED) is 0.514. The Labute approximate surface area is 109 Å². The van der Waals surface area contributed by atoms with E-state index in [0.717, 1.165) is 18.8 Å². The zero-order valence-electron chi connectivity index (χ0n) is 11.5. The van der Waals surface area contributed by atoms with Crippen LogP contribution < -0.4 is 0 Å². The highest BCUT2D eigenvalue weighted by Gasteiger charge is 2.40. The molecule has 1 fully saturated rings. The molecule has 1 aliphatic heterocycles. The summed E-state index contributed by atoms with van der Waals surface area (Å²) in [4.78, 5) is 11.5. The van der Waals surface area contributed by atoms with Gasteiger partial charge in [0.05, 0.1) is 25.2 Å². The number of carbonyl (C=O) groups is 1. The van der Waals surface area contributed by atoms with Gasteiger partial charge in [0.15, 0.2) is 0 Å². The minimum Gasteiger partial charge on any atom is -0.465 e. The third kappa shape index (κ3) is 4.58.